The Hall–Kier alpha value is -2.06. The number of anilines is 1. The Balaban J connectivity index is 1.90. The molecule has 1 amide bonds. The van der Waals surface area contributed by atoms with Crippen LogP contribution < -0.4 is 21.5 Å². The second-order valence-electron chi connectivity index (χ2n) is 8.01. The van der Waals surface area contributed by atoms with Crippen molar-refractivity contribution in [2.24, 2.45) is 11.7 Å². The number of nitrogens with two attached hydrogens (primary N) is 1. The number of carbonyl (C=O) groups excluding carboxylic acids is 2. The van der Waals surface area contributed by atoms with E-state index in [0.717, 1.165) is 45.2 Å². The van der Waals surface area contributed by atoms with Gasteiger partial charge in [0.1, 0.15) is 17.9 Å². The van der Waals surface area contributed by atoms with Gasteiger partial charge < -0.3 is 11.1 Å². The van der Waals surface area contributed by atoms with E-state index < -0.39 is 5.91 Å². The van der Waals surface area contributed by atoms with Crippen LogP contribution in [0.25, 0.3) is 0 Å². The van der Waals surface area contributed by atoms with Gasteiger partial charge in [0.15, 0.2) is 11.6 Å². The van der Waals surface area contributed by atoms with Gasteiger partial charge in [-0.15, -0.1) is 0 Å². The largest absolute Gasteiger partial charge is 0.365 e. The Morgan fingerprint density at radius 2 is 1.96 bits per heavy atom. The van der Waals surface area contributed by atoms with Gasteiger partial charge in [-0.3, -0.25) is 14.6 Å². The third kappa shape index (κ3) is 5.26. The third-order valence-corrected chi connectivity index (χ3v) is 5.91. The maximum Gasteiger partial charge on any atom is 0.254 e. The first-order valence-corrected chi connectivity index (χ1v) is 10.4. The van der Waals surface area contributed by atoms with Gasteiger partial charge in [-0.1, -0.05) is 32.1 Å². The summed E-state index contributed by atoms with van der Waals surface area (Å²) in [5.41, 5.74) is 9.33. The van der Waals surface area contributed by atoms with Gasteiger partial charge in [-0.05, 0) is 45.2 Å². The Morgan fingerprint density at radius 1 is 1.25 bits per heavy atom. The van der Waals surface area contributed by atoms with Crippen LogP contribution in [0.1, 0.15) is 68.6 Å². The average Bonchev–Trinajstić information content (AvgIpc) is 2.72. The molecule has 0 radical (unpaired) electrons. The van der Waals surface area contributed by atoms with E-state index in [-0.39, 0.29) is 23.4 Å². The number of Topliss-reactive ketones (excluding diaryl/α,β-unsaturated/α-hetero) is 1. The van der Waals surface area contributed by atoms with Crippen molar-refractivity contribution in [3.05, 3.63) is 18.1 Å². The highest BCUT2D eigenvalue weighted by atomic mass is 16.1. The van der Waals surface area contributed by atoms with E-state index >= 15 is 0 Å². The normalized spacial score (nSPS) is 19.9. The van der Waals surface area contributed by atoms with Crippen molar-refractivity contribution < 1.29 is 9.59 Å². The zero-order valence-electron chi connectivity index (χ0n) is 16.7. The molecule has 2 heterocycles. The number of hydrogen-bond donors (Lipinski definition) is 3. The summed E-state index contributed by atoms with van der Waals surface area (Å²) >= 11 is 0. The summed E-state index contributed by atoms with van der Waals surface area (Å²) in [6.07, 6.45) is 11.5. The van der Waals surface area contributed by atoms with Crippen LogP contribution in [0.5, 0.6) is 0 Å². The van der Waals surface area contributed by atoms with Gasteiger partial charge in [0, 0.05) is 12.2 Å². The molecule has 28 heavy (non-hydrogen) atoms. The number of hydrogen-bond acceptors (Lipinski definition) is 7. The lowest BCUT2D eigenvalue weighted by Gasteiger charge is -2.38. The van der Waals surface area contributed by atoms with Crippen molar-refractivity contribution in [2.75, 3.05) is 18.1 Å². The monoisotopic (exact) mass is 388 g/mol. The second-order valence-corrected chi connectivity index (χ2v) is 8.01. The molecule has 1 aromatic heterocycles. The maximum absolute atomic E-state index is 12.7. The van der Waals surface area contributed by atoms with Crippen molar-refractivity contribution in [3.8, 4) is 0 Å². The molecule has 8 nitrogen and oxygen atoms in total. The molecule has 0 bridgehead atoms. The van der Waals surface area contributed by atoms with Crippen LogP contribution in [0, 0.1) is 5.92 Å². The minimum atomic E-state index is -0.590. The molecule has 1 aliphatic heterocycles. The standard InChI is InChI=1S/C20H32N6O2/c1-14(27)18(11-15-5-3-2-4-6-15)26(25-16-7-9-22-10-8-16)20-17(19(21)28)12-23-13-24-20/h12-13,15-16,18,22,25H,2-11H2,1H3,(H2,21,28). The van der Waals surface area contributed by atoms with Crippen LogP contribution in [0.2, 0.25) is 0 Å². The summed E-state index contributed by atoms with van der Waals surface area (Å²) in [6, 6.07) is -0.170. The molecule has 4 N–H and O–H groups in total. The first kappa shape index (κ1) is 20.7. The first-order chi connectivity index (χ1) is 13.6. The molecular formula is C20H32N6O2. The number of primary amides is 1. The number of piperidine rings is 1. The predicted molar refractivity (Wildman–Crippen MR) is 108 cm³/mol. The van der Waals surface area contributed by atoms with E-state index in [2.05, 4.69) is 20.7 Å². The fraction of sp³-hybridized carbons (Fsp3) is 0.700. The lowest BCUT2D eigenvalue weighted by Crippen LogP contribution is -2.56. The molecule has 2 fully saturated rings. The fourth-order valence-electron chi connectivity index (χ4n) is 4.33. The van der Waals surface area contributed by atoms with Crippen LogP contribution in [-0.4, -0.2) is 46.8 Å². The van der Waals surface area contributed by atoms with Gasteiger partial charge in [-0.2, -0.15) is 0 Å². The summed E-state index contributed by atoms with van der Waals surface area (Å²) in [5.74, 6) is 0.393. The molecule has 2 aliphatic rings. The lowest BCUT2D eigenvalue weighted by molar-refractivity contribution is -0.119. The SMILES string of the molecule is CC(=O)C(CC1CCCCC1)N(NC1CCNCC1)c1ncncc1C(N)=O. The summed E-state index contributed by atoms with van der Waals surface area (Å²) in [6.45, 7) is 3.46. The van der Waals surface area contributed by atoms with Gasteiger partial charge in [0.05, 0.1) is 0 Å². The number of nitrogens with zero attached hydrogens (tertiary/aromatic N) is 3. The van der Waals surface area contributed by atoms with Gasteiger partial charge in [0.25, 0.3) is 5.91 Å². The van der Waals surface area contributed by atoms with Crippen molar-refractivity contribution in [1.29, 1.82) is 0 Å². The van der Waals surface area contributed by atoms with Crippen LogP contribution in [0.3, 0.4) is 0 Å². The Morgan fingerprint density at radius 3 is 2.61 bits per heavy atom. The summed E-state index contributed by atoms with van der Waals surface area (Å²) in [7, 11) is 0. The number of carbonyl (C=O) groups is 2. The number of rotatable bonds is 8. The Labute approximate surface area is 166 Å². The van der Waals surface area contributed by atoms with Crippen LogP contribution in [0.4, 0.5) is 5.82 Å². The van der Waals surface area contributed by atoms with Crippen molar-refractivity contribution in [1.82, 2.24) is 20.7 Å². The first-order valence-electron chi connectivity index (χ1n) is 10.4. The average molecular weight is 389 g/mol. The van der Waals surface area contributed by atoms with Gasteiger partial charge in [-0.25, -0.2) is 15.4 Å². The number of hydrazine groups is 1. The summed E-state index contributed by atoms with van der Waals surface area (Å²) < 4.78 is 0. The molecule has 3 rings (SSSR count). The van der Waals surface area contributed by atoms with E-state index in [1.165, 1.54) is 31.8 Å². The van der Waals surface area contributed by atoms with Crippen LogP contribution >= 0.6 is 0 Å². The van der Waals surface area contributed by atoms with E-state index in [9.17, 15) is 9.59 Å². The topological polar surface area (TPSA) is 113 Å². The number of aromatic nitrogens is 2. The zero-order chi connectivity index (χ0) is 19.9. The van der Waals surface area contributed by atoms with E-state index in [4.69, 9.17) is 5.73 Å². The molecule has 0 aromatic carbocycles. The minimum absolute atomic E-state index is 0.0704. The van der Waals surface area contributed by atoms with Crippen LogP contribution in [-0.2, 0) is 4.79 Å². The number of amides is 1. The highest BCUT2D eigenvalue weighted by Gasteiger charge is 2.32. The second kappa shape index (κ2) is 9.93. The highest BCUT2D eigenvalue weighted by Crippen LogP contribution is 2.30. The molecule has 1 saturated carbocycles. The Kier molecular flexibility index (Phi) is 7.33. The Bertz CT molecular complexity index is 670. The van der Waals surface area contributed by atoms with Crippen molar-refractivity contribution in [2.45, 2.75) is 70.4 Å². The summed E-state index contributed by atoms with van der Waals surface area (Å²) in [4.78, 5) is 33.0. The van der Waals surface area contributed by atoms with Gasteiger partial charge in [0.2, 0.25) is 0 Å². The molecule has 8 heteroatoms. The predicted octanol–water partition coefficient (Wildman–Crippen LogP) is 1.57. The smallest absolute Gasteiger partial charge is 0.254 e. The maximum atomic E-state index is 12.7. The molecule has 154 valence electrons. The van der Waals surface area contributed by atoms with E-state index in [0.29, 0.717) is 11.7 Å². The third-order valence-electron chi connectivity index (χ3n) is 5.91. The summed E-state index contributed by atoms with van der Waals surface area (Å²) in [5, 5.41) is 5.16. The number of ketones is 1. The van der Waals surface area contributed by atoms with Gasteiger partial charge >= 0.3 is 0 Å². The van der Waals surface area contributed by atoms with Crippen molar-refractivity contribution >= 4 is 17.5 Å². The number of nitrogens with one attached hydrogen (secondary N) is 2. The van der Waals surface area contributed by atoms with Crippen molar-refractivity contribution in [3.63, 3.8) is 0 Å². The highest BCUT2D eigenvalue weighted by molar-refractivity contribution is 5.98. The van der Waals surface area contributed by atoms with E-state index in [1.807, 2.05) is 5.01 Å². The molecule has 1 aromatic rings. The molecule has 1 aliphatic carbocycles. The fourth-order valence-corrected chi connectivity index (χ4v) is 4.33. The van der Waals surface area contributed by atoms with Crippen LogP contribution in [0.15, 0.2) is 12.5 Å². The molecule has 1 saturated heterocycles. The molecule has 1 unspecified atom stereocenters. The molecule has 1 atom stereocenters. The zero-order valence-corrected chi connectivity index (χ0v) is 16.7. The van der Waals surface area contributed by atoms with E-state index in [1.54, 1.807) is 6.92 Å². The lowest BCUT2D eigenvalue weighted by atomic mass is 9.84. The molecular weight excluding hydrogens is 356 g/mol. The minimum Gasteiger partial charge on any atom is -0.365 e. The molecule has 0 spiro atoms. The quantitative estimate of drug-likeness (QED) is 0.579.